The van der Waals surface area contributed by atoms with Crippen molar-refractivity contribution < 1.29 is 19.2 Å². The highest BCUT2D eigenvalue weighted by Gasteiger charge is 2.62. The SMILES string of the molecule is COc1cc([N+](=O)[O-])ccc1N1C(=O)[C@@H]2[C@H](C1=O)[C@H]1C=C[C@H]2C1=C(c1ccccc1)c1ccccc1. The topological polar surface area (TPSA) is 89.8 Å². The first-order valence-electron chi connectivity index (χ1n) is 11.7. The zero-order valence-electron chi connectivity index (χ0n) is 19.4. The fourth-order valence-electron chi connectivity index (χ4n) is 6.01. The Morgan fingerprint density at radius 3 is 1.83 bits per heavy atom. The highest BCUT2D eigenvalue weighted by atomic mass is 16.6. The largest absolute Gasteiger partial charge is 0.494 e. The van der Waals surface area contributed by atoms with Crippen molar-refractivity contribution in [3.8, 4) is 5.75 Å². The fourth-order valence-corrected chi connectivity index (χ4v) is 6.01. The van der Waals surface area contributed by atoms with Crippen molar-refractivity contribution in [2.75, 3.05) is 12.0 Å². The van der Waals surface area contributed by atoms with Crippen molar-refractivity contribution in [3.63, 3.8) is 0 Å². The number of amides is 2. The molecule has 7 heteroatoms. The van der Waals surface area contributed by atoms with E-state index in [2.05, 4.69) is 36.4 Å². The first-order chi connectivity index (χ1) is 17.5. The van der Waals surface area contributed by atoms with Gasteiger partial charge < -0.3 is 4.74 Å². The van der Waals surface area contributed by atoms with Gasteiger partial charge in [-0.2, -0.15) is 0 Å². The number of carbonyl (C=O) groups excluding carboxylic acids is 2. The number of hydrogen-bond donors (Lipinski definition) is 0. The van der Waals surface area contributed by atoms with E-state index in [0.717, 1.165) is 27.2 Å². The number of hydrogen-bond acceptors (Lipinski definition) is 5. The number of anilines is 1. The second-order valence-corrected chi connectivity index (χ2v) is 9.18. The molecule has 0 aromatic heterocycles. The van der Waals surface area contributed by atoms with Crippen molar-refractivity contribution in [2.24, 2.45) is 23.7 Å². The number of nitro benzene ring substituents is 1. The number of allylic oxidation sites excluding steroid dienone is 3. The molecule has 6 rings (SSSR count). The molecule has 178 valence electrons. The van der Waals surface area contributed by atoms with E-state index >= 15 is 0 Å². The lowest BCUT2D eigenvalue weighted by Crippen LogP contribution is -2.33. The maximum atomic E-state index is 13.8. The van der Waals surface area contributed by atoms with E-state index in [4.69, 9.17) is 4.74 Å². The predicted octanol–water partition coefficient (Wildman–Crippen LogP) is 5.03. The number of benzene rings is 3. The Hall–Kier alpha value is -4.52. The minimum Gasteiger partial charge on any atom is -0.494 e. The molecule has 0 spiro atoms. The van der Waals surface area contributed by atoms with E-state index in [1.807, 2.05) is 36.4 Å². The van der Waals surface area contributed by atoms with E-state index in [1.165, 1.54) is 25.3 Å². The van der Waals surface area contributed by atoms with Gasteiger partial charge in [0.25, 0.3) is 5.69 Å². The Bertz CT molecular complexity index is 1390. The maximum Gasteiger partial charge on any atom is 0.273 e. The third-order valence-electron chi connectivity index (χ3n) is 7.44. The van der Waals surface area contributed by atoms with Gasteiger partial charge >= 0.3 is 0 Å². The van der Waals surface area contributed by atoms with Crippen LogP contribution < -0.4 is 9.64 Å². The molecule has 3 aromatic carbocycles. The van der Waals surface area contributed by atoms with Crippen LogP contribution in [0.5, 0.6) is 5.75 Å². The molecule has 7 nitrogen and oxygen atoms in total. The van der Waals surface area contributed by atoms with Crippen molar-refractivity contribution in [1.82, 2.24) is 0 Å². The van der Waals surface area contributed by atoms with Crippen molar-refractivity contribution >= 4 is 28.8 Å². The smallest absolute Gasteiger partial charge is 0.273 e. The average Bonchev–Trinajstić information content (AvgIpc) is 3.54. The number of nitro groups is 1. The number of fused-ring (bicyclic) bond motifs is 5. The zero-order chi connectivity index (χ0) is 25.0. The standard InChI is InChI=1S/C29H22N2O5/c1-36-23-16-19(31(34)35)12-15-22(23)30-28(32)26-20-13-14-21(27(26)29(30)33)25(20)24(17-8-4-2-5-9-17)18-10-6-3-7-11-18/h2-16,20-21,26-27H,1H3/t20-,21-,26-,27+/m0/s1. The summed E-state index contributed by atoms with van der Waals surface area (Å²) in [7, 11) is 1.37. The second kappa shape index (κ2) is 8.30. The van der Waals surface area contributed by atoms with Crippen LogP contribution in [-0.4, -0.2) is 23.8 Å². The minimum atomic E-state index is -0.537. The van der Waals surface area contributed by atoms with Gasteiger partial charge in [-0.3, -0.25) is 19.7 Å². The number of ether oxygens (including phenoxy) is 1. The molecule has 0 unspecified atom stereocenters. The van der Waals surface area contributed by atoms with Gasteiger partial charge in [-0.05, 0) is 28.3 Å². The van der Waals surface area contributed by atoms with Crippen LogP contribution in [0.15, 0.2) is 96.6 Å². The van der Waals surface area contributed by atoms with Gasteiger partial charge in [0.05, 0.1) is 35.6 Å². The molecule has 2 amide bonds. The van der Waals surface area contributed by atoms with E-state index in [9.17, 15) is 19.7 Å². The maximum absolute atomic E-state index is 13.8. The molecule has 2 fully saturated rings. The van der Waals surface area contributed by atoms with Crippen LogP contribution in [-0.2, 0) is 9.59 Å². The molecule has 1 aliphatic heterocycles. The van der Waals surface area contributed by atoms with Crippen molar-refractivity contribution in [1.29, 1.82) is 0 Å². The van der Waals surface area contributed by atoms with Crippen LogP contribution in [0, 0.1) is 33.8 Å². The van der Waals surface area contributed by atoms with Crippen LogP contribution in [0.4, 0.5) is 11.4 Å². The monoisotopic (exact) mass is 478 g/mol. The molecular formula is C29H22N2O5. The molecule has 1 saturated carbocycles. The van der Waals surface area contributed by atoms with Gasteiger partial charge in [0.15, 0.2) is 0 Å². The quantitative estimate of drug-likeness (QED) is 0.222. The lowest BCUT2D eigenvalue weighted by atomic mass is 9.85. The van der Waals surface area contributed by atoms with Crippen LogP contribution in [0.3, 0.4) is 0 Å². The Morgan fingerprint density at radius 1 is 0.833 bits per heavy atom. The molecule has 4 atom stereocenters. The molecule has 0 radical (unpaired) electrons. The van der Waals surface area contributed by atoms with E-state index in [0.29, 0.717) is 0 Å². The summed E-state index contributed by atoms with van der Waals surface area (Å²) < 4.78 is 5.34. The molecule has 3 aromatic rings. The molecule has 2 aliphatic carbocycles. The summed E-state index contributed by atoms with van der Waals surface area (Å²) >= 11 is 0. The van der Waals surface area contributed by atoms with E-state index < -0.39 is 16.8 Å². The molecule has 2 bridgehead atoms. The number of nitrogens with zero attached hydrogens (tertiary/aromatic N) is 2. The highest BCUT2D eigenvalue weighted by molar-refractivity contribution is 6.24. The number of rotatable bonds is 5. The second-order valence-electron chi connectivity index (χ2n) is 9.18. The van der Waals surface area contributed by atoms with Crippen LogP contribution in [0.1, 0.15) is 11.1 Å². The molecule has 0 N–H and O–H groups in total. The van der Waals surface area contributed by atoms with Crippen LogP contribution in [0.2, 0.25) is 0 Å². The first-order valence-corrected chi connectivity index (χ1v) is 11.7. The lowest BCUT2D eigenvalue weighted by Gasteiger charge is -2.22. The minimum absolute atomic E-state index is 0.121. The third-order valence-corrected chi connectivity index (χ3v) is 7.44. The average molecular weight is 479 g/mol. The summed E-state index contributed by atoms with van der Waals surface area (Å²) in [4.78, 5) is 39.4. The Morgan fingerprint density at radius 2 is 1.36 bits per heavy atom. The van der Waals surface area contributed by atoms with Crippen molar-refractivity contribution in [2.45, 2.75) is 0 Å². The summed E-state index contributed by atoms with van der Waals surface area (Å²) in [5, 5.41) is 11.2. The van der Waals surface area contributed by atoms with Gasteiger partial charge in [0.2, 0.25) is 11.8 Å². The summed E-state index contributed by atoms with van der Waals surface area (Å²) in [5.74, 6) is -1.94. The van der Waals surface area contributed by atoms with Crippen molar-refractivity contribution in [3.05, 3.63) is 118 Å². The first kappa shape index (κ1) is 22.0. The third kappa shape index (κ3) is 3.12. The van der Waals surface area contributed by atoms with Gasteiger partial charge in [0, 0.05) is 17.9 Å². The number of methoxy groups -OCH3 is 1. The number of carbonyl (C=O) groups is 2. The summed E-state index contributed by atoms with van der Waals surface area (Å²) in [6.45, 7) is 0. The molecule has 3 aliphatic rings. The van der Waals surface area contributed by atoms with Gasteiger partial charge in [-0.15, -0.1) is 0 Å². The zero-order valence-corrected chi connectivity index (χ0v) is 19.4. The van der Waals surface area contributed by atoms with Gasteiger partial charge in [-0.25, -0.2) is 4.90 Å². The molecular weight excluding hydrogens is 456 g/mol. The highest BCUT2D eigenvalue weighted by Crippen LogP contribution is 2.59. The number of non-ortho nitro benzene ring substituents is 1. The Kier molecular flexibility index (Phi) is 5.07. The Balaban J connectivity index is 1.46. The lowest BCUT2D eigenvalue weighted by molar-refractivity contribution is -0.384. The summed E-state index contributed by atoms with van der Waals surface area (Å²) in [6.07, 6.45) is 4.10. The molecule has 1 heterocycles. The molecule has 36 heavy (non-hydrogen) atoms. The van der Waals surface area contributed by atoms with E-state index in [1.54, 1.807) is 0 Å². The Labute approximate surface area is 207 Å². The normalized spacial score (nSPS) is 23.8. The molecule has 1 saturated heterocycles. The van der Waals surface area contributed by atoms with Gasteiger partial charge in [-0.1, -0.05) is 72.8 Å². The summed E-state index contributed by atoms with van der Waals surface area (Å²) in [5.41, 5.74) is 4.32. The van der Waals surface area contributed by atoms with E-state index in [-0.39, 0.29) is 40.8 Å². The van der Waals surface area contributed by atoms with Crippen LogP contribution in [0.25, 0.3) is 5.57 Å². The van der Waals surface area contributed by atoms with Crippen LogP contribution >= 0.6 is 0 Å². The summed E-state index contributed by atoms with van der Waals surface area (Å²) in [6, 6.07) is 24.1. The van der Waals surface area contributed by atoms with Gasteiger partial charge in [0.1, 0.15) is 5.75 Å². The predicted molar refractivity (Wildman–Crippen MR) is 134 cm³/mol. The fraction of sp³-hybridized carbons (Fsp3) is 0.172. The number of imide groups is 1.